The first-order valence-corrected chi connectivity index (χ1v) is 10.4. The first-order valence-electron chi connectivity index (χ1n) is 9.44. The molecule has 0 atom stereocenters. The van der Waals surface area contributed by atoms with E-state index >= 15 is 0 Å². The van der Waals surface area contributed by atoms with Crippen molar-refractivity contribution in [2.45, 2.75) is 6.54 Å². The topological polar surface area (TPSA) is 100 Å². The number of methoxy groups -OCH3 is 1. The first kappa shape index (κ1) is 22.1. The van der Waals surface area contributed by atoms with Crippen LogP contribution in [0.3, 0.4) is 0 Å². The van der Waals surface area contributed by atoms with Crippen molar-refractivity contribution >= 4 is 40.9 Å². The van der Waals surface area contributed by atoms with E-state index in [-0.39, 0.29) is 17.4 Å². The summed E-state index contributed by atoms with van der Waals surface area (Å²) in [5.41, 5.74) is 2.01. The molecule has 0 saturated carbocycles. The lowest BCUT2D eigenvalue weighted by atomic mass is 10.1. The summed E-state index contributed by atoms with van der Waals surface area (Å²) in [6.45, 7) is 0.322. The van der Waals surface area contributed by atoms with E-state index in [0.29, 0.717) is 17.5 Å². The maximum atomic E-state index is 13.1. The number of amides is 4. The maximum absolute atomic E-state index is 13.1. The largest absolute Gasteiger partial charge is 0.497 e. The number of thioether (sulfide) groups is 1. The minimum atomic E-state index is -0.587. The van der Waals surface area contributed by atoms with Gasteiger partial charge in [-0.2, -0.15) is 0 Å². The summed E-state index contributed by atoms with van der Waals surface area (Å²) in [5.74, 6) is -0.0752. The Balaban J connectivity index is 1.81. The van der Waals surface area contributed by atoms with Gasteiger partial charge in [0, 0.05) is 7.05 Å². The minimum Gasteiger partial charge on any atom is -0.497 e. The van der Waals surface area contributed by atoms with E-state index in [0.717, 1.165) is 22.9 Å². The Morgan fingerprint density at radius 3 is 2.48 bits per heavy atom. The van der Waals surface area contributed by atoms with Gasteiger partial charge in [0.25, 0.3) is 5.91 Å². The number of ether oxygens (including phenoxy) is 1. The number of imide groups is 1. The van der Waals surface area contributed by atoms with E-state index in [1.54, 1.807) is 25.3 Å². The van der Waals surface area contributed by atoms with Crippen molar-refractivity contribution in [3.05, 3.63) is 71.4 Å². The number of aliphatic imine (C=N–C) groups is 1. The standard InChI is InChI=1S/C22H22N4O4S/c1-23-21(29)25-19(27)14-31-22-24-18(12-15-8-10-17(30-2)11-9-15)20(28)26(22)13-16-6-4-3-5-7-16/h3-12H,13-14H2,1-2H3,(H2,23,25,27,29)/b18-12-. The Morgan fingerprint density at radius 1 is 1.13 bits per heavy atom. The fourth-order valence-corrected chi connectivity index (χ4v) is 3.56. The van der Waals surface area contributed by atoms with Crippen molar-refractivity contribution in [1.29, 1.82) is 0 Å². The smallest absolute Gasteiger partial charge is 0.321 e. The van der Waals surface area contributed by atoms with Crippen LogP contribution < -0.4 is 15.4 Å². The van der Waals surface area contributed by atoms with Crippen LogP contribution in [0.25, 0.3) is 6.08 Å². The number of benzene rings is 2. The van der Waals surface area contributed by atoms with Gasteiger partial charge in [-0.1, -0.05) is 54.2 Å². The van der Waals surface area contributed by atoms with Crippen LogP contribution in [0.5, 0.6) is 5.75 Å². The van der Waals surface area contributed by atoms with E-state index in [1.807, 2.05) is 42.5 Å². The molecular weight excluding hydrogens is 416 g/mol. The van der Waals surface area contributed by atoms with Gasteiger partial charge < -0.3 is 10.1 Å². The number of amidine groups is 1. The van der Waals surface area contributed by atoms with Crippen LogP contribution in [0, 0.1) is 0 Å². The van der Waals surface area contributed by atoms with Crippen LogP contribution in [0.2, 0.25) is 0 Å². The number of nitrogens with zero attached hydrogens (tertiary/aromatic N) is 2. The van der Waals surface area contributed by atoms with Gasteiger partial charge in [0.05, 0.1) is 19.4 Å². The molecule has 1 heterocycles. The zero-order valence-electron chi connectivity index (χ0n) is 17.1. The van der Waals surface area contributed by atoms with E-state index in [2.05, 4.69) is 15.6 Å². The SMILES string of the molecule is CNC(=O)NC(=O)CSC1=N/C(=C\c2ccc(OC)cc2)C(=O)N1Cc1ccccc1. The highest BCUT2D eigenvalue weighted by molar-refractivity contribution is 8.14. The highest BCUT2D eigenvalue weighted by Gasteiger charge is 2.31. The molecule has 4 amide bonds. The van der Waals surface area contributed by atoms with Gasteiger partial charge in [0.15, 0.2) is 5.17 Å². The van der Waals surface area contributed by atoms with Crippen molar-refractivity contribution < 1.29 is 19.1 Å². The lowest BCUT2D eigenvalue weighted by Gasteiger charge is -2.17. The number of nitrogens with one attached hydrogen (secondary N) is 2. The number of carbonyl (C=O) groups is 3. The molecule has 2 N–H and O–H groups in total. The summed E-state index contributed by atoms with van der Waals surface area (Å²) in [4.78, 5) is 42.3. The average molecular weight is 439 g/mol. The molecule has 8 nitrogen and oxygen atoms in total. The third-order valence-electron chi connectivity index (χ3n) is 4.33. The zero-order valence-corrected chi connectivity index (χ0v) is 17.9. The third kappa shape index (κ3) is 5.95. The lowest BCUT2D eigenvalue weighted by molar-refractivity contribution is -0.123. The van der Waals surface area contributed by atoms with Crippen molar-refractivity contribution in [2.75, 3.05) is 19.9 Å². The maximum Gasteiger partial charge on any atom is 0.321 e. The fraction of sp³-hybridized carbons (Fsp3) is 0.182. The van der Waals surface area contributed by atoms with Crippen molar-refractivity contribution in [1.82, 2.24) is 15.5 Å². The molecule has 2 aromatic carbocycles. The average Bonchev–Trinajstić information content (AvgIpc) is 3.08. The lowest BCUT2D eigenvalue weighted by Crippen LogP contribution is -2.39. The quantitative estimate of drug-likeness (QED) is 0.676. The molecule has 0 radical (unpaired) electrons. The summed E-state index contributed by atoms with van der Waals surface area (Å²) >= 11 is 1.10. The Morgan fingerprint density at radius 2 is 1.84 bits per heavy atom. The Bertz CT molecular complexity index is 1020. The molecule has 0 saturated heterocycles. The molecular formula is C22H22N4O4S. The fourth-order valence-electron chi connectivity index (χ4n) is 2.76. The van der Waals surface area contributed by atoms with Gasteiger partial charge in [0.1, 0.15) is 11.4 Å². The summed E-state index contributed by atoms with van der Waals surface area (Å²) in [6, 6.07) is 16.2. The van der Waals surface area contributed by atoms with Crippen LogP contribution in [0.1, 0.15) is 11.1 Å². The highest BCUT2D eigenvalue weighted by atomic mass is 32.2. The van der Waals surface area contributed by atoms with Gasteiger partial charge in [-0.15, -0.1) is 0 Å². The molecule has 1 aliphatic rings. The monoisotopic (exact) mass is 438 g/mol. The molecule has 0 aliphatic carbocycles. The number of carbonyl (C=O) groups excluding carboxylic acids is 3. The molecule has 0 bridgehead atoms. The Kier molecular flexibility index (Phi) is 7.45. The molecule has 0 aromatic heterocycles. The summed E-state index contributed by atoms with van der Waals surface area (Å²) in [5, 5.41) is 4.92. The highest BCUT2D eigenvalue weighted by Crippen LogP contribution is 2.26. The summed E-state index contributed by atoms with van der Waals surface area (Å²) in [7, 11) is 3.01. The number of hydrogen-bond donors (Lipinski definition) is 2. The van der Waals surface area contributed by atoms with Crippen LogP contribution in [-0.4, -0.2) is 47.8 Å². The van der Waals surface area contributed by atoms with Gasteiger partial charge in [-0.25, -0.2) is 9.79 Å². The van der Waals surface area contributed by atoms with E-state index in [9.17, 15) is 14.4 Å². The van der Waals surface area contributed by atoms with Crippen LogP contribution in [-0.2, 0) is 16.1 Å². The van der Waals surface area contributed by atoms with E-state index in [1.165, 1.54) is 11.9 Å². The second-order valence-corrected chi connectivity index (χ2v) is 7.43. The summed E-state index contributed by atoms with van der Waals surface area (Å²) in [6.07, 6.45) is 1.69. The number of rotatable bonds is 6. The zero-order chi connectivity index (χ0) is 22.2. The van der Waals surface area contributed by atoms with Gasteiger partial charge in [0.2, 0.25) is 5.91 Å². The molecule has 0 spiro atoms. The summed E-state index contributed by atoms with van der Waals surface area (Å²) < 4.78 is 5.16. The van der Waals surface area contributed by atoms with Gasteiger partial charge in [-0.3, -0.25) is 19.8 Å². The van der Waals surface area contributed by atoms with Gasteiger partial charge in [-0.05, 0) is 29.3 Å². The van der Waals surface area contributed by atoms with Gasteiger partial charge >= 0.3 is 6.03 Å². The Labute approximate surface area is 184 Å². The molecule has 0 unspecified atom stereocenters. The van der Waals surface area contributed by atoms with Crippen LogP contribution >= 0.6 is 11.8 Å². The normalized spacial score (nSPS) is 14.4. The van der Waals surface area contributed by atoms with Crippen molar-refractivity contribution in [2.24, 2.45) is 4.99 Å². The molecule has 9 heteroatoms. The minimum absolute atomic E-state index is 0.0549. The first-order chi connectivity index (χ1) is 15.0. The second-order valence-electron chi connectivity index (χ2n) is 6.49. The van der Waals surface area contributed by atoms with E-state index < -0.39 is 11.9 Å². The van der Waals surface area contributed by atoms with Crippen molar-refractivity contribution in [3.63, 3.8) is 0 Å². The second kappa shape index (κ2) is 10.4. The molecule has 3 rings (SSSR count). The van der Waals surface area contributed by atoms with Crippen LogP contribution in [0.4, 0.5) is 4.79 Å². The molecule has 160 valence electrons. The predicted molar refractivity (Wildman–Crippen MR) is 120 cm³/mol. The molecule has 1 aliphatic heterocycles. The van der Waals surface area contributed by atoms with Crippen molar-refractivity contribution in [3.8, 4) is 5.75 Å². The molecule has 31 heavy (non-hydrogen) atoms. The molecule has 2 aromatic rings. The third-order valence-corrected chi connectivity index (χ3v) is 5.30. The van der Waals surface area contributed by atoms with Crippen LogP contribution in [0.15, 0.2) is 65.3 Å². The number of hydrogen-bond acceptors (Lipinski definition) is 6. The predicted octanol–water partition coefficient (Wildman–Crippen LogP) is 2.62. The van der Waals surface area contributed by atoms with E-state index in [4.69, 9.17) is 4.74 Å². The number of urea groups is 1. The molecule has 0 fully saturated rings. The Hall–Kier alpha value is -3.59.